The van der Waals surface area contributed by atoms with Crippen molar-refractivity contribution < 1.29 is 18.6 Å². The zero-order valence-electron chi connectivity index (χ0n) is 21.8. The van der Waals surface area contributed by atoms with Crippen molar-refractivity contribution in [1.82, 2.24) is 0 Å². The maximum absolute atomic E-state index is 7.11. The number of methoxy groups -OCH3 is 1. The molecule has 5 heteroatoms. The topological polar surface area (TPSA) is 36.9 Å². The number of rotatable bonds is 8. The summed E-state index contributed by atoms with van der Waals surface area (Å²) < 4.78 is 24.7. The lowest BCUT2D eigenvalue weighted by molar-refractivity contribution is -0.163. The summed E-state index contributed by atoms with van der Waals surface area (Å²) in [7, 11) is -0.0198. The zero-order valence-corrected chi connectivity index (χ0v) is 22.8. The molecular weight excluding hydrogens is 428 g/mol. The molecule has 33 heavy (non-hydrogen) atoms. The standard InChI is InChI=1S/C28H46O4Si/c1-28(2,3)33(5,6)32-26-19-21-18-24-20(11-9-13-25(24)29-4)17-23(21)22(26)12-10-16-31-27-14-7-8-15-30-27/h9,11,13,21-23,26-27H,7-8,10,12,14-19H2,1-6H3/t21-,22+,23-,26+,27?/m0/s1. The third-order valence-corrected chi connectivity index (χ3v) is 13.4. The van der Waals surface area contributed by atoms with Gasteiger partial charge >= 0.3 is 0 Å². The predicted molar refractivity (Wildman–Crippen MR) is 136 cm³/mol. The smallest absolute Gasteiger partial charge is 0.192 e. The summed E-state index contributed by atoms with van der Waals surface area (Å²) in [6.45, 7) is 13.5. The van der Waals surface area contributed by atoms with Gasteiger partial charge < -0.3 is 18.6 Å². The van der Waals surface area contributed by atoms with Crippen molar-refractivity contribution in [3.05, 3.63) is 29.3 Å². The summed E-state index contributed by atoms with van der Waals surface area (Å²) >= 11 is 0. The van der Waals surface area contributed by atoms with E-state index in [0.717, 1.165) is 44.6 Å². The van der Waals surface area contributed by atoms with Crippen molar-refractivity contribution in [1.29, 1.82) is 0 Å². The van der Waals surface area contributed by atoms with E-state index in [-0.39, 0.29) is 11.3 Å². The van der Waals surface area contributed by atoms with Gasteiger partial charge in [0, 0.05) is 19.3 Å². The van der Waals surface area contributed by atoms with E-state index in [2.05, 4.69) is 52.1 Å². The van der Waals surface area contributed by atoms with E-state index >= 15 is 0 Å². The molecule has 0 aromatic heterocycles. The largest absolute Gasteiger partial charge is 0.496 e. The van der Waals surface area contributed by atoms with Crippen molar-refractivity contribution >= 4 is 8.32 Å². The summed E-state index contributed by atoms with van der Waals surface area (Å²) in [6.07, 6.45) is 9.58. The molecule has 1 aromatic carbocycles. The van der Waals surface area contributed by atoms with Crippen LogP contribution in [-0.4, -0.2) is 41.0 Å². The molecule has 4 nitrogen and oxygen atoms in total. The molecule has 0 radical (unpaired) electrons. The fourth-order valence-corrected chi connectivity index (χ4v) is 7.42. The number of hydrogen-bond acceptors (Lipinski definition) is 4. The molecule has 1 heterocycles. The molecule has 2 aliphatic carbocycles. The minimum atomic E-state index is -1.82. The van der Waals surface area contributed by atoms with Crippen LogP contribution in [0.5, 0.6) is 5.75 Å². The fraction of sp³-hybridized carbons (Fsp3) is 0.786. The summed E-state index contributed by atoms with van der Waals surface area (Å²) in [5.41, 5.74) is 2.92. The number of benzene rings is 1. The molecule has 1 saturated heterocycles. The summed E-state index contributed by atoms with van der Waals surface area (Å²) in [5, 5.41) is 0.235. The number of ether oxygens (including phenoxy) is 3. The summed E-state index contributed by atoms with van der Waals surface area (Å²) in [5.74, 6) is 3.07. The van der Waals surface area contributed by atoms with Crippen LogP contribution < -0.4 is 4.74 Å². The minimum Gasteiger partial charge on any atom is -0.496 e. The molecule has 3 aliphatic rings. The highest BCUT2D eigenvalue weighted by molar-refractivity contribution is 6.74. The van der Waals surface area contributed by atoms with Crippen LogP contribution in [0.1, 0.15) is 70.4 Å². The van der Waals surface area contributed by atoms with E-state index in [1.807, 2.05) is 0 Å². The third kappa shape index (κ3) is 5.69. The van der Waals surface area contributed by atoms with Crippen molar-refractivity contribution in [3.8, 4) is 5.75 Å². The lowest BCUT2D eigenvalue weighted by Gasteiger charge is -2.40. The molecule has 0 amide bonds. The van der Waals surface area contributed by atoms with Crippen LogP contribution in [0.25, 0.3) is 0 Å². The van der Waals surface area contributed by atoms with E-state index in [1.54, 1.807) is 7.11 Å². The molecule has 0 spiro atoms. The van der Waals surface area contributed by atoms with E-state index in [0.29, 0.717) is 23.9 Å². The molecule has 1 aromatic rings. The molecule has 1 unspecified atom stereocenters. The van der Waals surface area contributed by atoms with Crippen LogP contribution in [0.15, 0.2) is 18.2 Å². The molecule has 0 bridgehead atoms. The molecule has 186 valence electrons. The van der Waals surface area contributed by atoms with Gasteiger partial charge in [-0.2, -0.15) is 0 Å². The van der Waals surface area contributed by atoms with Gasteiger partial charge in [-0.25, -0.2) is 0 Å². The Hall–Kier alpha value is -0.883. The van der Waals surface area contributed by atoms with Crippen LogP contribution in [0.2, 0.25) is 18.1 Å². The molecule has 2 fully saturated rings. The Morgan fingerprint density at radius 3 is 2.64 bits per heavy atom. The first-order valence-electron chi connectivity index (χ1n) is 13.3. The van der Waals surface area contributed by atoms with Gasteiger partial charge in [0.05, 0.1) is 7.11 Å². The van der Waals surface area contributed by atoms with Gasteiger partial charge in [-0.05, 0) is 104 Å². The van der Waals surface area contributed by atoms with Crippen molar-refractivity contribution in [2.24, 2.45) is 17.8 Å². The normalized spacial score (nSPS) is 30.1. The molecule has 4 rings (SSSR count). The predicted octanol–water partition coefficient (Wildman–Crippen LogP) is 6.76. The molecule has 1 aliphatic heterocycles. The number of hydrogen-bond donors (Lipinski definition) is 0. The van der Waals surface area contributed by atoms with Gasteiger partial charge in [0.25, 0.3) is 0 Å². The Labute approximate surface area is 202 Å². The number of fused-ring (bicyclic) bond motifs is 2. The highest BCUT2D eigenvalue weighted by Crippen LogP contribution is 2.51. The Morgan fingerprint density at radius 2 is 1.94 bits per heavy atom. The highest BCUT2D eigenvalue weighted by Gasteiger charge is 2.49. The lowest BCUT2D eigenvalue weighted by Crippen LogP contribution is -2.45. The van der Waals surface area contributed by atoms with Crippen molar-refractivity contribution in [2.45, 2.75) is 103 Å². The average molecular weight is 475 g/mol. The van der Waals surface area contributed by atoms with Crippen LogP contribution in [0.3, 0.4) is 0 Å². The maximum Gasteiger partial charge on any atom is 0.192 e. The summed E-state index contributed by atoms with van der Waals surface area (Å²) in [4.78, 5) is 0. The molecule has 5 atom stereocenters. The van der Waals surface area contributed by atoms with E-state index in [4.69, 9.17) is 18.6 Å². The lowest BCUT2D eigenvalue weighted by atomic mass is 9.73. The van der Waals surface area contributed by atoms with E-state index in [9.17, 15) is 0 Å². The Bertz CT molecular complexity index is 781. The second-order valence-corrected chi connectivity index (χ2v) is 16.8. The van der Waals surface area contributed by atoms with Crippen molar-refractivity contribution in [2.75, 3.05) is 20.3 Å². The van der Waals surface area contributed by atoms with E-state index < -0.39 is 8.32 Å². The summed E-state index contributed by atoms with van der Waals surface area (Å²) in [6, 6.07) is 6.60. The second-order valence-electron chi connectivity index (χ2n) is 12.1. The maximum atomic E-state index is 7.11. The Kier molecular flexibility index (Phi) is 7.94. The van der Waals surface area contributed by atoms with Crippen LogP contribution in [0, 0.1) is 17.8 Å². The first-order chi connectivity index (χ1) is 15.7. The van der Waals surface area contributed by atoms with Crippen molar-refractivity contribution in [3.63, 3.8) is 0 Å². The minimum absolute atomic E-state index is 0.0170. The van der Waals surface area contributed by atoms with Gasteiger partial charge in [-0.1, -0.05) is 32.9 Å². The quantitative estimate of drug-likeness (QED) is 0.308. The van der Waals surface area contributed by atoms with Gasteiger partial charge in [0.15, 0.2) is 14.6 Å². The monoisotopic (exact) mass is 474 g/mol. The first kappa shape index (κ1) is 25.2. The van der Waals surface area contributed by atoms with Gasteiger partial charge in [-0.3, -0.25) is 0 Å². The first-order valence-corrected chi connectivity index (χ1v) is 16.2. The molecular formula is C28H46O4Si. The van der Waals surface area contributed by atoms with Gasteiger partial charge in [0.2, 0.25) is 0 Å². The van der Waals surface area contributed by atoms with Crippen LogP contribution in [-0.2, 0) is 26.7 Å². The van der Waals surface area contributed by atoms with Gasteiger partial charge in [-0.15, -0.1) is 0 Å². The third-order valence-electron chi connectivity index (χ3n) is 8.92. The second kappa shape index (κ2) is 10.4. The molecule has 1 saturated carbocycles. The average Bonchev–Trinajstić information content (AvgIpc) is 3.10. The van der Waals surface area contributed by atoms with E-state index in [1.165, 1.54) is 36.8 Å². The highest BCUT2D eigenvalue weighted by atomic mass is 28.4. The Balaban J connectivity index is 1.46. The SMILES string of the molecule is COc1cccc2c1C[C@H]1C[C@@H](O[Si](C)(C)C(C)(C)C)[C@H](CCCOC3CCCCO3)[C@H]1C2. The molecule has 0 N–H and O–H groups in total. The van der Waals surface area contributed by atoms with Crippen LogP contribution >= 0.6 is 0 Å². The van der Waals surface area contributed by atoms with Crippen LogP contribution in [0.4, 0.5) is 0 Å². The zero-order chi connectivity index (χ0) is 23.6. The van der Waals surface area contributed by atoms with Gasteiger partial charge in [0.1, 0.15) is 5.75 Å². The fourth-order valence-electron chi connectivity index (χ4n) is 6.03. The Morgan fingerprint density at radius 1 is 1.12 bits per heavy atom.